The molecule has 0 aliphatic carbocycles. The van der Waals surface area contributed by atoms with E-state index in [0.717, 1.165) is 5.69 Å². The van der Waals surface area contributed by atoms with Crippen molar-refractivity contribution in [2.75, 3.05) is 6.54 Å². The van der Waals surface area contributed by atoms with Crippen LogP contribution in [0.15, 0.2) is 12.1 Å². The summed E-state index contributed by atoms with van der Waals surface area (Å²) in [7, 11) is 0. The number of pyridine rings is 1. The number of halogens is 1. The number of nitrogens with one attached hydrogen (secondary N) is 1. The zero-order valence-electron chi connectivity index (χ0n) is 12.6. The number of hydrogen-bond donors (Lipinski definition) is 1. The molecule has 0 aliphatic heterocycles. The number of amides is 1. The van der Waals surface area contributed by atoms with Gasteiger partial charge in [-0.25, -0.2) is 4.98 Å². The topological polar surface area (TPSA) is 42.0 Å². The quantitative estimate of drug-likeness (QED) is 0.838. The molecule has 1 N–H and O–H groups in total. The van der Waals surface area contributed by atoms with Crippen LogP contribution in [0.2, 0.25) is 5.15 Å². The molecule has 0 aromatic carbocycles. The van der Waals surface area contributed by atoms with E-state index in [1.165, 1.54) is 0 Å². The van der Waals surface area contributed by atoms with Crippen LogP contribution in [0.25, 0.3) is 0 Å². The first kappa shape index (κ1) is 16.0. The van der Waals surface area contributed by atoms with E-state index in [9.17, 15) is 4.79 Å². The molecule has 3 nitrogen and oxygen atoms in total. The van der Waals surface area contributed by atoms with Crippen LogP contribution >= 0.6 is 11.6 Å². The van der Waals surface area contributed by atoms with Gasteiger partial charge in [-0.2, -0.15) is 0 Å². The standard InChI is InChI=1S/C15H23ClN2O/c1-14(2,3)9-17-13(19)10-7-11(15(4,5)6)18-12(16)8-10/h7-8H,9H2,1-6H3,(H,17,19). The number of carbonyl (C=O) groups is 1. The smallest absolute Gasteiger partial charge is 0.251 e. The summed E-state index contributed by atoms with van der Waals surface area (Å²) in [4.78, 5) is 16.4. The predicted molar refractivity (Wildman–Crippen MR) is 79.7 cm³/mol. The molecular formula is C15H23ClN2O. The molecule has 0 saturated carbocycles. The highest BCUT2D eigenvalue weighted by Gasteiger charge is 2.19. The monoisotopic (exact) mass is 282 g/mol. The Balaban J connectivity index is 2.95. The summed E-state index contributed by atoms with van der Waals surface area (Å²) in [5.74, 6) is -0.107. The molecule has 19 heavy (non-hydrogen) atoms. The Kier molecular flexibility index (Phi) is 4.62. The Labute approximate surface area is 120 Å². The molecule has 1 aromatic rings. The first-order valence-electron chi connectivity index (χ1n) is 6.45. The van der Waals surface area contributed by atoms with Crippen molar-refractivity contribution < 1.29 is 4.79 Å². The maximum absolute atomic E-state index is 12.1. The maximum Gasteiger partial charge on any atom is 0.251 e. The van der Waals surface area contributed by atoms with Gasteiger partial charge in [0.15, 0.2) is 0 Å². The van der Waals surface area contributed by atoms with Crippen LogP contribution in [0, 0.1) is 5.41 Å². The molecule has 0 fully saturated rings. The van der Waals surface area contributed by atoms with E-state index in [1.54, 1.807) is 6.07 Å². The van der Waals surface area contributed by atoms with Crippen molar-refractivity contribution in [3.63, 3.8) is 0 Å². The summed E-state index contributed by atoms with van der Waals surface area (Å²) in [6.07, 6.45) is 0. The molecule has 0 bridgehead atoms. The van der Waals surface area contributed by atoms with Gasteiger partial charge in [-0.15, -0.1) is 0 Å². The van der Waals surface area contributed by atoms with Gasteiger partial charge >= 0.3 is 0 Å². The van der Waals surface area contributed by atoms with E-state index in [2.05, 4.69) is 31.1 Å². The van der Waals surface area contributed by atoms with Crippen LogP contribution in [0.4, 0.5) is 0 Å². The van der Waals surface area contributed by atoms with Crippen molar-refractivity contribution in [2.24, 2.45) is 5.41 Å². The van der Waals surface area contributed by atoms with Crippen LogP contribution in [0.3, 0.4) is 0 Å². The second-order valence-corrected chi connectivity index (χ2v) is 7.44. The van der Waals surface area contributed by atoms with Crippen LogP contribution < -0.4 is 5.32 Å². The Bertz CT molecular complexity index is 470. The minimum absolute atomic E-state index is 0.0549. The van der Waals surface area contributed by atoms with Gasteiger partial charge in [0.05, 0.1) is 0 Å². The van der Waals surface area contributed by atoms with Crippen LogP contribution in [-0.4, -0.2) is 17.4 Å². The molecule has 0 atom stereocenters. The third-order valence-corrected chi connectivity index (χ3v) is 2.80. The highest BCUT2D eigenvalue weighted by atomic mass is 35.5. The normalized spacial score (nSPS) is 12.4. The van der Waals surface area contributed by atoms with E-state index < -0.39 is 0 Å². The molecule has 106 valence electrons. The Morgan fingerprint density at radius 2 is 1.79 bits per heavy atom. The minimum Gasteiger partial charge on any atom is -0.352 e. The van der Waals surface area contributed by atoms with Gasteiger partial charge in [0.25, 0.3) is 5.91 Å². The summed E-state index contributed by atoms with van der Waals surface area (Å²) in [6.45, 7) is 13.0. The van der Waals surface area contributed by atoms with E-state index in [0.29, 0.717) is 17.3 Å². The molecule has 0 spiro atoms. The van der Waals surface area contributed by atoms with E-state index in [-0.39, 0.29) is 16.7 Å². The van der Waals surface area contributed by atoms with Crippen molar-refractivity contribution in [3.8, 4) is 0 Å². The molecule has 0 unspecified atom stereocenters. The molecule has 1 aromatic heterocycles. The van der Waals surface area contributed by atoms with Gasteiger partial charge in [-0.1, -0.05) is 53.1 Å². The lowest BCUT2D eigenvalue weighted by Crippen LogP contribution is -2.32. The molecule has 1 heterocycles. The fourth-order valence-electron chi connectivity index (χ4n) is 1.46. The highest BCUT2D eigenvalue weighted by Crippen LogP contribution is 2.23. The molecule has 0 aliphatic rings. The summed E-state index contributed by atoms with van der Waals surface area (Å²) in [6, 6.07) is 3.42. The second kappa shape index (κ2) is 5.49. The van der Waals surface area contributed by atoms with Gasteiger partial charge in [-0.05, 0) is 17.5 Å². The number of hydrogen-bond acceptors (Lipinski definition) is 2. The zero-order chi connectivity index (χ0) is 14.8. The molecule has 1 rings (SSSR count). The largest absolute Gasteiger partial charge is 0.352 e. The first-order chi connectivity index (χ1) is 8.49. The average molecular weight is 283 g/mol. The van der Waals surface area contributed by atoms with E-state index in [1.807, 2.05) is 26.8 Å². The molecule has 0 radical (unpaired) electrons. The molecule has 4 heteroatoms. The fraction of sp³-hybridized carbons (Fsp3) is 0.600. The average Bonchev–Trinajstić information content (AvgIpc) is 2.22. The number of rotatable bonds is 2. The van der Waals surface area contributed by atoms with Crippen molar-refractivity contribution in [1.82, 2.24) is 10.3 Å². The number of aromatic nitrogens is 1. The predicted octanol–water partition coefficient (Wildman–Crippen LogP) is 3.81. The molecule has 1 amide bonds. The Morgan fingerprint density at radius 3 is 2.26 bits per heavy atom. The summed E-state index contributed by atoms with van der Waals surface area (Å²) < 4.78 is 0. The third kappa shape index (κ3) is 5.19. The van der Waals surface area contributed by atoms with Crippen molar-refractivity contribution >= 4 is 17.5 Å². The van der Waals surface area contributed by atoms with Crippen molar-refractivity contribution in [2.45, 2.75) is 47.0 Å². The SMILES string of the molecule is CC(C)(C)CNC(=O)c1cc(Cl)nc(C(C)(C)C)c1. The zero-order valence-corrected chi connectivity index (χ0v) is 13.4. The van der Waals surface area contributed by atoms with Gasteiger partial charge in [0, 0.05) is 23.2 Å². The highest BCUT2D eigenvalue weighted by molar-refractivity contribution is 6.29. The third-order valence-electron chi connectivity index (χ3n) is 2.60. The Morgan fingerprint density at radius 1 is 1.21 bits per heavy atom. The molecular weight excluding hydrogens is 260 g/mol. The van der Waals surface area contributed by atoms with Crippen LogP contribution in [0.1, 0.15) is 57.6 Å². The lowest BCUT2D eigenvalue weighted by molar-refractivity contribution is 0.0939. The Hall–Kier alpha value is -1.09. The summed E-state index contributed by atoms with van der Waals surface area (Å²) in [5, 5.41) is 3.27. The number of nitrogens with zero attached hydrogens (tertiary/aromatic N) is 1. The fourth-order valence-corrected chi connectivity index (χ4v) is 1.67. The van der Waals surface area contributed by atoms with Crippen LogP contribution in [-0.2, 0) is 5.41 Å². The second-order valence-electron chi connectivity index (χ2n) is 7.06. The van der Waals surface area contributed by atoms with Crippen molar-refractivity contribution in [1.29, 1.82) is 0 Å². The first-order valence-corrected chi connectivity index (χ1v) is 6.83. The maximum atomic E-state index is 12.1. The van der Waals surface area contributed by atoms with Gasteiger partial charge in [0.2, 0.25) is 0 Å². The van der Waals surface area contributed by atoms with E-state index in [4.69, 9.17) is 11.6 Å². The van der Waals surface area contributed by atoms with E-state index >= 15 is 0 Å². The van der Waals surface area contributed by atoms with Crippen LogP contribution in [0.5, 0.6) is 0 Å². The van der Waals surface area contributed by atoms with Crippen molar-refractivity contribution in [3.05, 3.63) is 28.5 Å². The lowest BCUT2D eigenvalue weighted by atomic mass is 9.90. The summed E-state index contributed by atoms with van der Waals surface area (Å²) in [5.41, 5.74) is 1.30. The summed E-state index contributed by atoms with van der Waals surface area (Å²) >= 11 is 6.00. The minimum atomic E-state index is -0.135. The van der Waals surface area contributed by atoms with Gasteiger partial charge in [0.1, 0.15) is 5.15 Å². The van der Waals surface area contributed by atoms with Gasteiger partial charge in [-0.3, -0.25) is 4.79 Å². The van der Waals surface area contributed by atoms with Gasteiger partial charge < -0.3 is 5.32 Å². The lowest BCUT2D eigenvalue weighted by Gasteiger charge is -2.20. The molecule has 0 saturated heterocycles. The number of carbonyl (C=O) groups excluding carboxylic acids is 1.